The maximum Gasteiger partial charge on any atom is 0.407 e. The molecule has 1 heterocycles. The molecule has 0 bridgehead atoms. The van der Waals surface area contributed by atoms with E-state index in [0.717, 1.165) is 25.1 Å². The van der Waals surface area contributed by atoms with Crippen molar-refractivity contribution in [1.82, 2.24) is 9.80 Å². The molecule has 116 valence electrons. The van der Waals surface area contributed by atoms with E-state index in [-0.39, 0.29) is 6.04 Å². The summed E-state index contributed by atoms with van der Waals surface area (Å²) in [5, 5.41) is 9.02. The Morgan fingerprint density at radius 3 is 2.14 bits per heavy atom. The van der Waals surface area contributed by atoms with E-state index in [0.29, 0.717) is 19.1 Å². The average Bonchev–Trinajstić information content (AvgIpc) is 2.49. The second-order valence-electron chi connectivity index (χ2n) is 5.68. The smallest absolute Gasteiger partial charge is 0.407 e. The molecule has 3 N–H and O–H groups in total. The van der Waals surface area contributed by atoms with Crippen LogP contribution in [0.1, 0.15) is 43.5 Å². The molecule has 0 aromatic heterocycles. The van der Waals surface area contributed by atoms with Crippen LogP contribution in [0.5, 0.6) is 0 Å². The molecule has 21 heavy (non-hydrogen) atoms. The van der Waals surface area contributed by atoms with Gasteiger partial charge in [0.15, 0.2) is 0 Å². The van der Waals surface area contributed by atoms with E-state index in [1.54, 1.807) is 0 Å². The fraction of sp³-hybridized carbons (Fsp3) is 0.562. The van der Waals surface area contributed by atoms with Crippen LogP contribution in [0, 0.1) is 0 Å². The van der Waals surface area contributed by atoms with Crippen LogP contribution in [0.25, 0.3) is 0 Å². The molecule has 1 aliphatic rings. The fourth-order valence-electron chi connectivity index (χ4n) is 2.95. The van der Waals surface area contributed by atoms with E-state index < -0.39 is 6.09 Å². The molecule has 1 unspecified atom stereocenters. The maximum atomic E-state index is 11.0. The third-order valence-electron chi connectivity index (χ3n) is 4.26. The highest BCUT2D eigenvalue weighted by Gasteiger charge is 2.25. The van der Waals surface area contributed by atoms with Gasteiger partial charge in [-0.2, -0.15) is 0 Å². The van der Waals surface area contributed by atoms with Crippen LogP contribution in [-0.2, 0) is 0 Å². The monoisotopic (exact) mass is 291 g/mol. The van der Waals surface area contributed by atoms with Gasteiger partial charge in [0.1, 0.15) is 0 Å². The number of hydrogen-bond acceptors (Lipinski definition) is 3. The highest BCUT2D eigenvalue weighted by atomic mass is 16.4. The topological polar surface area (TPSA) is 69.8 Å². The lowest BCUT2D eigenvalue weighted by Gasteiger charge is -2.38. The molecule has 2 rings (SSSR count). The average molecular weight is 291 g/mol. The third-order valence-corrected chi connectivity index (χ3v) is 4.26. The van der Waals surface area contributed by atoms with E-state index in [9.17, 15) is 4.79 Å². The van der Waals surface area contributed by atoms with Crippen molar-refractivity contribution >= 4 is 6.09 Å². The standard InChI is InChI=1S/C16H25N3O2/c1-3-15(14-6-4-13(5-7-14)12(2)17)18-8-10-19(11-9-18)16(20)21/h4-7,12,15H,3,8-11,17H2,1-2H3,(H,20,21)/t12-,15?/m0/s1. The molecule has 5 heteroatoms. The number of benzene rings is 1. The molecule has 0 radical (unpaired) electrons. The Hall–Kier alpha value is -1.59. The summed E-state index contributed by atoms with van der Waals surface area (Å²) < 4.78 is 0. The van der Waals surface area contributed by atoms with E-state index in [1.165, 1.54) is 10.5 Å². The fourth-order valence-corrected chi connectivity index (χ4v) is 2.95. The molecule has 2 atom stereocenters. The van der Waals surface area contributed by atoms with Crippen molar-refractivity contribution in [3.8, 4) is 0 Å². The molecule has 1 aromatic rings. The molecular formula is C16H25N3O2. The van der Waals surface area contributed by atoms with Gasteiger partial charge < -0.3 is 15.7 Å². The van der Waals surface area contributed by atoms with Crippen molar-refractivity contribution in [3.63, 3.8) is 0 Å². The quantitative estimate of drug-likeness (QED) is 0.894. The van der Waals surface area contributed by atoms with Gasteiger partial charge in [0.25, 0.3) is 0 Å². The lowest BCUT2D eigenvalue weighted by atomic mass is 9.99. The normalized spacial score (nSPS) is 19.3. The van der Waals surface area contributed by atoms with Crippen LogP contribution in [-0.4, -0.2) is 47.2 Å². The number of piperazine rings is 1. The molecule has 1 saturated heterocycles. The summed E-state index contributed by atoms with van der Waals surface area (Å²) in [5.41, 5.74) is 8.31. The van der Waals surface area contributed by atoms with E-state index in [4.69, 9.17) is 10.8 Å². The van der Waals surface area contributed by atoms with Gasteiger partial charge >= 0.3 is 6.09 Å². The van der Waals surface area contributed by atoms with Crippen LogP contribution in [0.2, 0.25) is 0 Å². The molecule has 1 aromatic carbocycles. The SMILES string of the molecule is CCC(c1ccc([C@H](C)N)cc1)N1CCN(C(=O)O)CC1. The summed E-state index contributed by atoms with van der Waals surface area (Å²) >= 11 is 0. The first-order valence-electron chi connectivity index (χ1n) is 7.60. The molecular weight excluding hydrogens is 266 g/mol. The van der Waals surface area contributed by atoms with Crippen LogP contribution < -0.4 is 5.73 Å². The van der Waals surface area contributed by atoms with Crippen LogP contribution in [0.3, 0.4) is 0 Å². The third kappa shape index (κ3) is 3.74. The summed E-state index contributed by atoms with van der Waals surface area (Å²) in [6.07, 6.45) is 0.203. The van der Waals surface area contributed by atoms with Gasteiger partial charge in [-0.1, -0.05) is 31.2 Å². The molecule has 0 aliphatic carbocycles. The van der Waals surface area contributed by atoms with Gasteiger partial charge in [0, 0.05) is 38.3 Å². The van der Waals surface area contributed by atoms with Gasteiger partial charge in [-0.15, -0.1) is 0 Å². The second-order valence-corrected chi connectivity index (χ2v) is 5.68. The first-order valence-corrected chi connectivity index (χ1v) is 7.60. The number of carbonyl (C=O) groups is 1. The van der Waals surface area contributed by atoms with Crippen LogP contribution in [0.4, 0.5) is 4.79 Å². The first kappa shape index (κ1) is 15.8. The number of hydrogen-bond donors (Lipinski definition) is 2. The van der Waals surface area contributed by atoms with Gasteiger partial charge in [0.05, 0.1) is 0 Å². The first-order chi connectivity index (χ1) is 10.0. The van der Waals surface area contributed by atoms with Crippen molar-refractivity contribution in [2.75, 3.05) is 26.2 Å². The Kier molecular flexibility index (Phi) is 5.20. The zero-order valence-electron chi connectivity index (χ0n) is 12.8. The molecule has 1 fully saturated rings. The minimum atomic E-state index is -0.816. The molecule has 1 amide bonds. The summed E-state index contributed by atoms with van der Waals surface area (Å²) in [6, 6.07) is 8.89. The van der Waals surface area contributed by atoms with E-state index in [1.807, 2.05) is 6.92 Å². The van der Waals surface area contributed by atoms with Crippen LogP contribution >= 0.6 is 0 Å². The number of nitrogens with zero attached hydrogens (tertiary/aromatic N) is 2. The van der Waals surface area contributed by atoms with Crippen molar-refractivity contribution in [1.29, 1.82) is 0 Å². The Morgan fingerprint density at radius 2 is 1.71 bits per heavy atom. The Balaban J connectivity index is 2.04. The van der Waals surface area contributed by atoms with E-state index in [2.05, 4.69) is 36.1 Å². The highest BCUT2D eigenvalue weighted by Crippen LogP contribution is 2.26. The summed E-state index contributed by atoms with van der Waals surface area (Å²) in [5.74, 6) is 0. The van der Waals surface area contributed by atoms with Gasteiger partial charge in [-0.25, -0.2) is 4.79 Å². The molecule has 0 spiro atoms. The Morgan fingerprint density at radius 1 is 1.19 bits per heavy atom. The molecule has 5 nitrogen and oxygen atoms in total. The number of nitrogens with two attached hydrogens (primary N) is 1. The molecule has 1 aliphatic heterocycles. The second kappa shape index (κ2) is 6.91. The van der Waals surface area contributed by atoms with Crippen molar-refractivity contribution in [2.24, 2.45) is 5.73 Å². The minimum Gasteiger partial charge on any atom is -0.465 e. The Bertz CT molecular complexity index is 465. The van der Waals surface area contributed by atoms with Crippen molar-refractivity contribution in [2.45, 2.75) is 32.4 Å². The van der Waals surface area contributed by atoms with Gasteiger partial charge in [-0.05, 0) is 24.5 Å². The van der Waals surface area contributed by atoms with E-state index >= 15 is 0 Å². The van der Waals surface area contributed by atoms with Gasteiger partial charge in [-0.3, -0.25) is 4.90 Å². The summed E-state index contributed by atoms with van der Waals surface area (Å²) in [6.45, 7) is 6.92. The lowest BCUT2D eigenvalue weighted by molar-refractivity contribution is 0.0835. The lowest BCUT2D eigenvalue weighted by Crippen LogP contribution is -2.49. The largest absolute Gasteiger partial charge is 0.465 e. The van der Waals surface area contributed by atoms with Crippen molar-refractivity contribution < 1.29 is 9.90 Å². The number of amides is 1. The Labute approximate surface area is 126 Å². The minimum absolute atomic E-state index is 0.0539. The summed E-state index contributed by atoms with van der Waals surface area (Å²) in [4.78, 5) is 14.8. The highest BCUT2D eigenvalue weighted by molar-refractivity contribution is 5.65. The maximum absolute atomic E-state index is 11.0. The molecule has 0 saturated carbocycles. The predicted octanol–water partition coefficient (Wildman–Crippen LogP) is 2.45. The number of rotatable bonds is 4. The zero-order chi connectivity index (χ0) is 15.4. The number of carboxylic acid groups (broad SMARTS) is 1. The van der Waals surface area contributed by atoms with Crippen molar-refractivity contribution in [3.05, 3.63) is 35.4 Å². The van der Waals surface area contributed by atoms with Crippen LogP contribution in [0.15, 0.2) is 24.3 Å². The van der Waals surface area contributed by atoms with Gasteiger partial charge in [0.2, 0.25) is 0 Å². The zero-order valence-corrected chi connectivity index (χ0v) is 12.8. The predicted molar refractivity (Wildman–Crippen MR) is 83.2 cm³/mol. The summed E-state index contributed by atoms with van der Waals surface area (Å²) in [7, 11) is 0.